The van der Waals surface area contributed by atoms with E-state index in [1.54, 1.807) is 4.68 Å². The molecule has 1 heterocycles. The van der Waals surface area contributed by atoms with E-state index in [9.17, 15) is 4.79 Å². The van der Waals surface area contributed by atoms with Gasteiger partial charge in [0, 0.05) is 17.9 Å². The summed E-state index contributed by atoms with van der Waals surface area (Å²) in [7, 11) is 0. The summed E-state index contributed by atoms with van der Waals surface area (Å²) in [5, 5.41) is 15.4. The standard InChI is InChI=1S/C18H19N5OS/c1-13-6-8-15(9-7-13)19-17(24)10-11-25-18-20-21-22-23(18)16-5-3-4-14(2)12-16/h3-9,12H,10-11H2,1-2H3,(H,19,24). The van der Waals surface area contributed by atoms with Crippen LogP contribution < -0.4 is 5.32 Å². The maximum absolute atomic E-state index is 12.0. The lowest BCUT2D eigenvalue weighted by Crippen LogP contribution is -2.12. The van der Waals surface area contributed by atoms with Crippen molar-refractivity contribution >= 4 is 23.4 Å². The summed E-state index contributed by atoms with van der Waals surface area (Å²) in [6, 6.07) is 15.7. The minimum Gasteiger partial charge on any atom is -0.326 e. The molecule has 0 aliphatic rings. The smallest absolute Gasteiger partial charge is 0.225 e. The van der Waals surface area contributed by atoms with E-state index in [0.29, 0.717) is 17.3 Å². The zero-order chi connectivity index (χ0) is 17.6. The van der Waals surface area contributed by atoms with Crippen molar-refractivity contribution in [1.82, 2.24) is 20.2 Å². The normalized spacial score (nSPS) is 10.6. The average molecular weight is 353 g/mol. The molecule has 0 saturated carbocycles. The van der Waals surface area contributed by atoms with E-state index in [1.165, 1.54) is 11.8 Å². The Kier molecular flexibility index (Phi) is 5.45. The lowest BCUT2D eigenvalue weighted by molar-refractivity contribution is -0.115. The van der Waals surface area contributed by atoms with E-state index in [4.69, 9.17) is 0 Å². The van der Waals surface area contributed by atoms with Crippen molar-refractivity contribution in [1.29, 1.82) is 0 Å². The second kappa shape index (κ2) is 7.94. The molecule has 1 aromatic heterocycles. The van der Waals surface area contributed by atoms with Crippen molar-refractivity contribution in [2.75, 3.05) is 11.1 Å². The van der Waals surface area contributed by atoms with Crippen molar-refractivity contribution in [3.63, 3.8) is 0 Å². The van der Waals surface area contributed by atoms with Crippen LogP contribution in [0.1, 0.15) is 17.5 Å². The van der Waals surface area contributed by atoms with Crippen LogP contribution in [0.25, 0.3) is 5.69 Å². The first-order chi connectivity index (χ1) is 12.1. The van der Waals surface area contributed by atoms with Crippen LogP contribution in [0.4, 0.5) is 5.69 Å². The number of anilines is 1. The Labute approximate surface area is 150 Å². The number of aromatic nitrogens is 4. The summed E-state index contributed by atoms with van der Waals surface area (Å²) >= 11 is 1.46. The zero-order valence-corrected chi connectivity index (χ0v) is 15.0. The van der Waals surface area contributed by atoms with Crippen molar-refractivity contribution in [3.8, 4) is 5.69 Å². The number of tetrazole rings is 1. The van der Waals surface area contributed by atoms with Gasteiger partial charge in [-0.2, -0.15) is 4.68 Å². The summed E-state index contributed by atoms with van der Waals surface area (Å²) in [5.41, 5.74) is 4.03. The number of carbonyl (C=O) groups excluding carboxylic acids is 1. The number of amides is 1. The van der Waals surface area contributed by atoms with Crippen molar-refractivity contribution in [2.45, 2.75) is 25.4 Å². The van der Waals surface area contributed by atoms with Gasteiger partial charge >= 0.3 is 0 Å². The topological polar surface area (TPSA) is 72.7 Å². The van der Waals surface area contributed by atoms with Crippen LogP contribution in [0.15, 0.2) is 53.7 Å². The first-order valence-electron chi connectivity index (χ1n) is 7.96. The number of nitrogens with one attached hydrogen (secondary N) is 1. The third-order valence-electron chi connectivity index (χ3n) is 3.58. The number of benzene rings is 2. The molecule has 0 aliphatic heterocycles. The van der Waals surface area contributed by atoms with Gasteiger partial charge in [-0.15, -0.1) is 5.10 Å². The maximum Gasteiger partial charge on any atom is 0.225 e. The van der Waals surface area contributed by atoms with Gasteiger partial charge in [0.2, 0.25) is 11.1 Å². The van der Waals surface area contributed by atoms with Crippen LogP contribution in [-0.4, -0.2) is 31.9 Å². The Morgan fingerprint density at radius 3 is 2.68 bits per heavy atom. The van der Waals surface area contributed by atoms with Gasteiger partial charge in [0.1, 0.15) is 0 Å². The van der Waals surface area contributed by atoms with Crippen molar-refractivity contribution in [3.05, 3.63) is 59.7 Å². The fraction of sp³-hybridized carbons (Fsp3) is 0.222. The van der Waals surface area contributed by atoms with E-state index < -0.39 is 0 Å². The van der Waals surface area contributed by atoms with Crippen LogP contribution in [0.2, 0.25) is 0 Å². The molecule has 2 aromatic carbocycles. The second-order valence-corrected chi connectivity index (χ2v) is 6.79. The first kappa shape index (κ1) is 17.2. The molecule has 1 N–H and O–H groups in total. The van der Waals surface area contributed by atoms with Gasteiger partial charge in [-0.3, -0.25) is 4.79 Å². The molecule has 3 rings (SSSR count). The van der Waals surface area contributed by atoms with Gasteiger partial charge in [-0.05, 0) is 54.1 Å². The van der Waals surface area contributed by atoms with Crippen LogP contribution in [0.5, 0.6) is 0 Å². The molecule has 0 saturated heterocycles. The number of rotatable bonds is 6. The summed E-state index contributed by atoms with van der Waals surface area (Å²) in [6.07, 6.45) is 0.388. The Bertz CT molecular complexity index is 860. The highest BCUT2D eigenvalue weighted by Gasteiger charge is 2.10. The second-order valence-electron chi connectivity index (χ2n) is 5.72. The monoisotopic (exact) mass is 353 g/mol. The molecule has 7 heteroatoms. The third kappa shape index (κ3) is 4.67. The van der Waals surface area contributed by atoms with Crippen molar-refractivity contribution in [2.24, 2.45) is 0 Å². The van der Waals surface area contributed by atoms with Crippen LogP contribution in [0.3, 0.4) is 0 Å². The molecule has 128 valence electrons. The Morgan fingerprint density at radius 2 is 1.92 bits per heavy atom. The maximum atomic E-state index is 12.0. The van der Waals surface area contributed by atoms with Gasteiger partial charge in [0.25, 0.3) is 0 Å². The highest BCUT2D eigenvalue weighted by Crippen LogP contribution is 2.19. The van der Waals surface area contributed by atoms with E-state index >= 15 is 0 Å². The minimum absolute atomic E-state index is 0.0223. The fourth-order valence-electron chi connectivity index (χ4n) is 2.29. The SMILES string of the molecule is Cc1ccc(NC(=O)CCSc2nnnn2-c2cccc(C)c2)cc1. The fourth-order valence-corrected chi connectivity index (χ4v) is 3.11. The molecule has 3 aromatic rings. The summed E-state index contributed by atoms with van der Waals surface area (Å²) in [5.74, 6) is 0.579. The number of aryl methyl sites for hydroxylation is 2. The van der Waals surface area contributed by atoms with E-state index in [0.717, 1.165) is 22.5 Å². The lowest BCUT2D eigenvalue weighted by atomic mass is 10.2. The molecule has 1 amide bonds. The molecule has 0 spiro atoms. The predicted octanol–water partition coefficient (Wildman–Crippen LogP) is 3.40. The Morgan fingerprint density at radius 1 is 1.12 bits per heavy atom. The molecular formula is C18H19N5OS. The summed E-state index contributed by atoms with van der Waals surface area (Å²) in [6.45, 7) is 4.04. The highest BCUT2D eigenvalue weighted by atomic mass is 32.2. The van der Waals surface area contributed by atoms with Crippen molar-refractivity contribution < 1.29 is 4.79 Å². The Balaban J connectivity index is 1.55. The van der Waals surface area contributed by atoms with Gasteiger partial charge < -0.3 is 5.32 Å². The Hall–Kier alpha value is -2.67. The number of nitrogens with zero attached hydrogens (tertiary/aromatic N) is 4. The summed E-state index contributed by atoms with van der Waals surface area (Å²) < 4.78 is 1.69. The molecule has 0 fully saturated rings. The van der Waals surface area contributed by atoms with Gasteiger partial charge in [-0.25, -0.2) is 0 Å². The van der Waals surface area contributed by atoms with Crippen LogP contribution in [-0.2, 0) is 4.79 Å². The molecule has 0 unspecified atom stereocenters. The quantitative estimate of drug-likeness (QED) is 0.688. The van der Waals surface area contributed by atoms with Crippen LogP contribution in [0, 0.1) is 13.8 Å². The van der Waals surface area contributed by atoms with E-state index in [1.807, 2.05) is 62.4 Å². The van der Waals surface area contributed by atoms with Crippen LogP contribution >= 0.6 is 11.8 Å². The summed E-state index contributed by atoms with van der Waals surface area (Å²) in [4.78, 5) is 12.0. The highest BCUT2D eigenvalue weighted by molar-refractivity contribution is 7.99. The van der Waals surface area contributed by atoms with E-state index in [2.05, 4.69) is 20.8 Å². The average Bonchev–Trinajstić information content (AvgIpc) is 3.05. The van der Waals surface area contributed by atoms with Gasteiger partial charge in [0.05, 0.1) is 5.69 Å². The molecule has 0 atom stereocenters. The first-order valence-corrected chi connectivity index (χ1v) is 8.95. The molecule has 25 heavy (non-hydrogen) atoms. The van der Waals surface area contributed by atoms with Gasteiger partial charge in [0.15, 0.2) is 0 Å². The number of hydrogen-bond acceptors (Lipinski definition) is 5. The molecule has 0 radical (unpaired) electrons. The number of thioether (sulfide) groups is 1. The lowest BCUT2D eigenvalue weighted by Gasteiger charge is -2.06. The molecule has 0 aliphatic carbocycles. The molecule has 0 bridgehead atoms. The predicted molar refractivity (Wildman–Crippen MR) is 99.0 cm³/mol. The molecule has 6 nitrogen and oxygen atoms in total. The number of hydrogen-bond donors (Lipinski definition) is 1. The zero-order valence-electron chi connectivity index (χ0n) is 14.1. The minimum atomic E-state index is -0.0223. The van der Waals surface area contributed by atoms with Gasteiger partial charge in [-0.1, -0.05) is 41.6 Å². The number of carbonyl (C=O) groups is 1. The van der Waals surface area contributed by atoms with E-state index in [-0.39, 0.29) is 5.91 Å². The molecular weight excluding hydrogens is 334 g/mol. The third-order valence-corrected chi connectivity index (χ3v) is 4.50. The largest absolute Gasteiger partial charge is 0.326 e.